The molecule has 2 rings (SSSR count). The molecule has 1 aromatic rings. The fourth-order valence-corrected chi connectivity index (χ4v) is 2.24. The van der Waals surface area contributed by atoms with Crippen molar-refractivity contribution in [2.45, 2.75) is 19.8 Å². The largest absolute Gasteiger partial charge is 0.369 e. The van der Waals surface area contributed by atoms with Gasteiger partial charge in [-0.15, -0.1) is 0 Å². The molecule has 0 bridgehead atoms. The number of hydrogen-bond acceptors (Lipinski definition) is 4. The number of rotatable bonds is 3. The predicted molar refractivity (Wildman–Crippen MR) is 70.5 cm³/mol. The molecule has 94 valence electrons. The molecule has 1 saturated heterocycles. The Morgan fingerprint density at radius 2 is 2.18 bits per heavy atom. The van der Waals surface area contributed by atoms with Crippen LogP contribution < -0.4 is 5.32 Å². The second kappa shape index (κ2) is 5.65. The summed E-state index contributed by atoms with van der Waals surface area (Å²) in [5.41, 5.74) is 1.04. The molecule has 1 N–H and O–H groups in total. The van der Waals surface area contributed by atoms with Crippen LogP contribution in [0.1, 0.15) is 18.4 Å². The second-order valence-electron chi connectivity index (χ2n) is 4.80. The van der Waals surface area contributed by atoms with Crippen molar-refractivity contribution in [1.29, 1.82) is 0 Å². The van der Waals surface area contributed by atoms with Gasteiger partial charge in [0.1, 0.15) is 5.82 Å². The molecule has 17 heavy (non-hydrogen) atoms. The molecule has 5 heteroatoms. The van der Waals surface area contributed by atoms with Crippen LogP contribution in [-0.2, 0) is 0 Å². The first-order valence-corrected chi connectivity index (χ1v) is 6.44. The summed E-state index contributed by atoms with van der Waals surface area (Å²) in [7, 11) is 2.18. The van der Waals surface area contributed by atoms with Gasteiger partial charge in [0, 0.05) is 18.3 Å². The number of nitrogens with zero attached hydrogens (tertiary/aromatic N) is 3. The van der Waals surface area contributed by atoms with Crippen molar-refractivity contribution in [2.75, 3.05) is 32.0 Å². The first-order chi connectivity index (χ1) is 8.15. The Labute approximate surface area is 107 Å². The van der Waals surface area contributed by atoms with Crippen LogP contribution in [0.2, 0.25) is 5.28 Å². The van der Waals surface area contributed by atoms with E-state index in [0.29, 0.717) is 5.28 Å². The maximum Gasteiger partial charge on any atom is 0.224 e. The Bertz CT molecular complexity index is 375. The minimum atomic E-state index is 0.307. The topological polar surface area (TPSA) is 41.1 Å². The highest BCUT2D eigenvalue weighted by molar-refractivity contribution is 6.28. The fraction of sp³-hybridized carbons (Fsp3) is 0.667. The molecule has 0 aromatic carbocycles. The highest BCUT2D eigenvalue weighted by Crippen LogP contribution is 2.18. The van der Waals surface area contributed by atoms with E-state index >= 15 is 0 Å². The van der Waals surface area contributed by atoms with E-state index in [1.807, 2.05) is 6.92 Å². The molecule has 0 saturated carbocycles. The average Bonchev–Trinajstić information content (AvgIpc) is 2.32. The van der Waals surface area contributed by atoms with Gasteiger partial charge in [0.05, 0.1) is 0 Å². The van der Waals surface area contributed by atoms with Gasteiger partial charge in [0.15, 0.2) is 0 Å². The normalized spacial score (nSPS) is 18.3. The van der Waals surface area contributed by atoms with Crippen LogP contribution >= 0.6 is 11.6 Å². The summed E-state index contributed by atoms with van der Waals surface area (Å²) in [5.74, 6) is 1.60. The summed E-state index contributed by atoms with van der Waals surface area (Å²) < 4.78 is 0. The molecule has 1 fully saturated rings. The van der Waals surface area contributed by atoms with Gasteiger partial charge in [-0.3, -0.25) is 0 Å². The molecular weight excluding hydrogens is 236 g/mol. The van der Waals surface area contributed by atoms with Crippen molar-refractivity contribution in [2.24, 2.45) is 5.92 Å². The Kier molecular flexibility index (Phi) is 4.18. The van der Waals surface area contributed by atoms with Crippen molar-refractivity contribution in [3.8, 4) is 0 Å². The summed E-state index contributed by atoms with van der Waals surface area (Å²) in [6.07, 6.45) is 4.26. The minimum Gasteiger partial charge on any atom is -0.369 e. The number of aromatic nitrogens is 2. The van der Waals surface area contributed by atoms with Crippen LogP contribution in [0, 0.1) is 12.8 Å². The molecule has 4 nitrogen and oxygen atoms in total. The monoisotopic (exact) mass is 254 g/mol. The first-order valence-electron chi connectivity index (χ1n) is 6.06. The van der Waals surface area contributed by atoms with E-state index in [4.69, 9.17) is 11.6 Å². The van der Waals surface area contributed by atoms with Gasteiger partial charge >= 0.3 is 0 Å². The number of aryl methyl sites for hydroxylation is 1. The standard InChI is InChI=1S/C12H19ClN4/c1-9-7-15-12(13)16-11(9)14-8-10-3-5-17(2)6-4-10/h7,10H,3-6,8H2,1-2H3,(H,14,15,16). The van der Waals surface area contributed by atoms with Crippen LogP contribution in [0.15, 0.2) is 6.20 Å². The number of piperidine rings is 1. The van der Waals surface area contributed by atoms with Crippen molar-refractivity contribution < 1.29 is 0 Å². The smallest absolute Gasteiger partial charge is 0.224 e. The zero-order valence-corrected chi connectivity index (χ0v) is 11.2. The maximum atomic E-state index is 5.79. The Morgan fingerprint density at radius 1 is 1.47 bits per heavy atom. The molecule has 1 aliphatic rings. The molecule has 0 amide bonds. The molecular formula is C12H19ClN4. The van der Waals surface area contributed by atoms with E-state index in [2.05, 4.69) is 27.2 Å². The van der Waals surface area contributed by atoms with Crippen molar-refractivity contribution in [1.82, 2.24) is 14.9 Å². The molecule has 1 aliphatic heterocycles. The molecule has 0 aliphatic carbocycles. The van der Waals surface area contributed by atoms with Gasteiger partial charge in [0.25, 0.3) is 0 Å². The van der Waals surface area contributed by atoms with Crippen molar-refractivity contribution in [3.05, 3.63) is 17.0 Å². The molecule has 0 atom stereocenters. The number of likely N-dealkylation sites (tertiary alicyclic amines) is 1. The van der Waals surface area contributed by atoms with Crippen LogP contribution in [0.25, 0.3) is 0 Å². The Hall–Kier alpha value is -0.870. The molecule has 0 spiro atoms. The summed E-state index contributed by atoms with van der Waals surface area (Å²) >= 11 is 5.79. The lowest BCUT2D eigenvalue weighted by Crippen LogP contribution is -2.33. The third-order valence-electron chi connectivity index (χ3n) is 3.34. The summed E-state index contributed by atoms with van der Waals surface area (Å²) in [6, 6.07) is 0. The van der Waals surface area contributed by atoms with Crippen molar-refractivity contribution >= 4 is 17.4 Å². The molecule has 2 heterocycles. The van der Waals surface area contributed by atoms with E-state index in [9.17, 15) is 0 Å². The maximum absolute atomic E-state index is 5.79. The van der Waals surface area contributed by atoms with Gasteiger partial charge in [-0.2, -0.15) is 0 Å². The van der Waals surface area contributed by atoms with Crippen LogP contribution in [0.3, 0.4) is 0 Å². The van der Waals surface area contributed by atoms with Gasteiger partial charge < -0.3 is 10.2 Å². The van der Waals surface area contributed by atoms with Crippen LogP contribution in [0.5, 0.6) is 0 Å². The minimum absolute atomic E-state index is 0.307. The Balaban J connectivity index is 1.87. The zero-order chi connectivity index (χ0) is 12.3. The summed E-state index contributed by atoms with van der Waals surface area (Å²) in [4.78, 5) is 10.5. The second-order valence-corrected chi connectivity index (χ2v) is 5.14. The predicted octanol–water partition coefficient (Wildman–Crippen LogP) is 2.19. The van der Waals surface area contributed by atoms with E-state index in [1.54, 1.807) is 6.20 Å². The molecule has 0 radical (unpaired) electrons. The number of halogens is 1. The molecule has 1 aromatic heterocycles. The van der Waals surface area contributed by atoms with Crippen molar-refractivity contribution in [3.63, 3.8) is 0 Å². The van der Waals surface area contributed by atoms with Gasteiger partial charge in [0.2, 0.25) is 5.28 Å². The lowest BCUT2D eigenvalue weighted by atomic mass is 9.97. The highest BCUT2D eigenvalue weighted by Gasteiger charge is 2.16. The fourth-order valence-electron chi connectivity index (χ4n) is 2.11. The van der Waals surface area contributed by atoms with E-state index in [0.717, 1.165) is 23.8 Å². The van der Waals surface area contributed by atoms with E-state index < -0.39 is 0 Å². The first kappa shape index (κ1) is 12.6. The lowest BCUT2D eigenvalue weighted by molar-refractivity contribution is 0.226. The average molecular weight is 255 g/mol. The quantitative estimate of drug-likeness (QED) is 0.840. The Morgan fingerprint density at radius 3 is 2.88 bits per heavy atom. The lowest BCUT2D eigenvalue weighted by Gasteiger charge is -2.29. The van der Waals surface area contributed by atoms with Crippen LogP contribution in [0.4, 0.5) is 5.82 Å². The summed E-state index contributed by atoms with van der Waals surface area (Å²) in [5, 5.41) is 3.69. The summed E-state index contributed by atoms with van der Waals surface area (Å²) in [6.45, 7) is 5.35. The van der Waals surface area contributed by atoms with Gasteiger partial charge in [-0.05, 0) is 57.4 Å². The number of hydrogen-bond donors (Lipinski definition) is 1. The number of nitrogens with one attached hydrogen (secondary N) is 1. The zero-order valence-electron chi connectivity index (χ0n) is 10.4. The molecule has 0 unspecified atom stereocenters. The third-order valence-corrected chi connectivity index (χ3v) is 3.52. The van der Waals surface area contributed by atoms with Crippen LogP contribution in [-0.4, -0.2) is 41.5 Å². The third kappa shape index (κ3) is 3.54. The van der Waals surface area contributed by atoms with Gasteiger partial charge in [-0.25, -0.2) is 9.97 Å². The van der Waals surface area contributed by atoms with E-state index in [1.165, 1.54) is 25.9 Å². The van der Waals surface area contributed by atoms with E-state index in [-0.39, 0.29) is 0 Å². The highest BCUT2D eigenvalue weighted by atomic mass is 35.5. The number of anilines is 1. The van der Waals surface area contributed by atoms with Gasteiger partial charge in [-0.1, -0.05) is 0 Å². The SMILES string of the molecule is Cc1cnc(Cl)nc1NCC1CCN(C)CC1.